The van der Waals surface area contributed by atoms with Gasteiger partial charge < -0.3 is 15.2 Å². The van der Waals surface area contributed by atoms with E-state index in [-0.39, 0.29) is 0 Å². The molecule has 2 aromatic carbocycles. The Morgan fingerprint density at radius 1 is 1.23 bits per heavy atom. The smallest absolute Gasteiger partial charge is 0.330 e. The van der Waals surface area contributed by atoms with Crippen molar-refractivity contribution in [1.29, 1.82) is 0 Å². The van der Waals surface area contributed by atoms with Gasteiger partial charge in [0.1, 0.15) is 0 Å². The number of methoxy groups -OCH3 is 1. The van der Waals surface area contributed by atoms with Gasteiger partial charge in [-0.05, 0) is 22.8 Å². The van der Waals surface area contributed by atoms with Crippen LogP contribution in [-0.2, 0) is 16.0 Å². The van der Waals surface area contributed by atoms with Crippen LogP contribution in [0.4, 0.5) is 0 Å². The summed E-state index contributed by atoms with van der Waals surface area (Å²) in [5.41, 5.74) is 1.42. The van der Waals surface area contributed by atoms with Crippen LogP contribution in [0, 0.1) is 0 Å². The first-order chi connectivity index (χ1) is 10.6. The van der Waals surface area contributed by atoms with Crippen molar-refractivity contribution in [2.45, 2.75) is 19.4 Å². The zero-order chi connectivity index (χ0) is 16.1. The molecule has 0 bridgehead atoms. The Balaban J connectivity index is 2.44. The number of aliphatic hydroxyl groups is 1. The number of hydrogen-bond acceptors (Lipinski definition) is 4. The molecule has 0 aliphatic heterocycles. The molecule has 2 aromatic rings. The number of nitrogens with one attached hydrogen (secondary N) is 1. The fraction of sp³-hybridized carbons (Fsp3) is 0.294. The summed E-state index contributed by atoms with van der Waals surface area (Å²) in [5.74, 6) is -1.06. The maximum atomic E-state index is 12.6. The number of hydrogen-bond donors (Lipinski definition) is 2. The summed E-state index contributed by atoms with van der Waals surface area (Å²) in [4.78, 5) is 24.1. The van der Waals surface area contributed by atoms with Crippen LogP contribution in [0.1, 0.15) is 22.8 Å². The van der Waals surface area contributed by atoms with Gasteiger partial charge in [-0.25, -0.2) is 4.79 Å². The average molecular weight is 301 g/mol. The second-order valence-corrected chi connectivity index (χ2v) is 4.91. The Hall–Kier alpha value is -2.40. The molecule has 0 fully saturated rings. The molecule has 2 rings (SSSR count). The van der Waals surface area contributed by atoms with Gasteiger partial charge >= 0.3 is 5.97 Å². The molecule has 22 heavy (non-hydrogen) atoms. The van der Waals surface area contributed by atoms with Crippen LogP contribution >= 0.6 is 0 Å². The maximum Gasteiger partial charge on any atom is 0.330 e. The number of carbonyl (C=O) groups excluding carboxylic acids is 2. The highest BCUT2D eigenvalue weighted by atomic mass is 16.5. The molecule has 0 aliphatic carbocycles. The first-order valence-corrected chi connectivity index (χ1v) is 7.12. The minimum atomic E-state index is -1.07. The molecule has 0 saturated carbocycles. The lowest BCUT2D eigenvalue weighted by Gasteiger charge is -2.17. The lowest BCUT2D eigenvalue weighted by molar-refractivity contribution is -0.143. The van der Waals surface area contributed by atoms with Gasteiger partial charge in [0, 0.05) is 0 Å². The minimum Gasteiger partial charge on any atom is -0.467 e. The van der Waals surface area contributed by atoms with Crippen molar-refractivity contribution in [1.82, 2.24) is 5.32 Å². The molecule has 0 aliphatic rings. The van der Waals surface area contributed by atoms with E-state index in [0.29, 0.717) is 12.0 Å². The van der Waals surface area contributed by atoms with Gasteiger partial charge in [-0.1, -0.05) is 43.3 Å². The van der Waals surface area contributed by atoms with E-state index in [1.807, 2.05) is 43.3 Å². The molecule has 2 N–H and O–H groups in total. The van der Waals surface area contributed by atoms with Crippen molar-refractivity contribution < 1.29 is 19.4 Å². The monoisotopic (exact) mass is 301 g/mol. The van der Waals surface area contributed by atoms with Crippen molar-refractivity contribution >= 4 is 22.6 Å². The summed E-state index contributed by atoms with van der Waals surface area (Å²) < 4.78 is 4.57. The highest BCUT2D eigenvalue weighted by Crippen LogP contribution is 2.23. The Morgan fingerprint density at radius 2 is 1.95 bits per heavy atom. The number of aryl methyl sites for hydroxylation is 1. The van der Waals surface area contributed by atoms with Gasteiger partial charge in [0.15, 0.2) is 6.04 Å². The number of ether oxygens (including phenoxy) is 1. The van der Waals surface area contributed by atoms with E-state index >= 15 is 0 Å². The zero-order valence-electron chi connectivity index (χ0n) is 12.6. The van der Waals surface area contributed by atoms with Crippen LogP contribution in [0.15, 0.2) is 36.4 Å². The first kappa shape index (κ1) is 16.0. The van der Waals surface area contributed by atoms with E-state index < -0.39 is 24.5 Å². The Kier molecular flexibility index (Phi) is 5.12. The fourth-order valence-corrected chi connectivity index (χ4v) is 2.43. The van der Waals surface area contributed by atoms with Crippen molar-refractivity contribution in [3.8, 4) is 0 Å². The van der Waals surface area contributed by atoms with E-state index in [0.717, 1.165) is 16.3 Å². The predicted octanol–water partition coefficient (Wildman–Crippen LogP) is 1.67. The SMILES string of the molecule is CCc1ccc2ccccc2c1C(=O)N[C@@H](CO)C(=O)OC. The summed E-state index contributed by atoms with van der Waals surface area (Å²) in [6.07, 6.45) is 0.690. The number of amides is 1. The number of rotatable bonds is 5. The topological polar surface area (TPSA) is 75.6 Å². The first-order valence-electron chi connectivity index (χ1n) is 7.12. The molecule has 5 nitrogen and oxygen atoms in total. The molecule has 1 atom stereocenters. The molecular weight excluding hydrogens is 282 g/mol. The van der Waals surface area contributed by atoms with Crippen molar-refractivity contribution in [3.05, 3.63) is 47.5 Å². The third kappa shape index (κ3) is 3.09. The quantitative estimate of drug-likeness (QED) is 0.824. The number of aliphatic hydroxyl groups excluding tert-OH is 1. The lowest BCUT2D eigenvalue weighted by Crippen LogP contribution is -2.44. The van der Waals surface area contributed by atoms with Gasteiger partial charge in [0.2, 0.25) is 0 Å². The Morgan fingerprint density at radius 3 is 2.59 bits per heavy atom. The zero-order valence-corrected chi connectivity index (χ0v) is 12.6. The van der Waals surface area contributed by atoms with E-state index in [9.17, 15) is 14.7 Å². The third-order valence-electron chi connectivity index (χ3n) is 3.60. The fourth-order valence-electron chi connectivity index (χ4n) is 2.43. The van der Waals surface area contributed by atoms with E-state index in [1.54, 1.807) is 0 Å². The van der Waals surface area contributed by atoms with E-state index in [4.69, 9.17) is 0 Å². The van der Waals surface area contributed by atoms with Crippen molar-refractivity contribution in [2.24, 2.45) is 0 Å². The Bertz CT molecular complexity index is 696. The number of esters is 1. The highest BCUT2D eigenvalue weighted by molar-refractivity contribution is 6.09. The predicted molar refractivity (Wildman–Crippen MR) is 83.7 cm³/mol. The number of fused-ring (bicyclic) bond motifs is 1. The molecule has 1 amide bonds. The van der Waals surface area contributed by atoms with Crippen molar-refractivity contribution in [2.75, 3.05) is 13.7 Å². The number of benzene rings is 2. The standard InChI is InChI=1S/C17H19NO4/c1-3-11-8-9-12-6-4-5-7-13(12)15(11)16(20)18-14(10-19)17(21)22-2/h4-9,14,19H,3,10H2,1-2H3,(H,18,20)/t14-/m0/s1. The summed E-state index contributed by atoms with van der Waals surface area (Å²) in [7, 11) is 1.21. The minimum absolute atomic E-state index is 0.391. The normalized spacial score (nSPS) is 12.0. The Labute approximate surface area is 128 Å². The molecule has 0 unspecified atom stereocenters. The number of carbonyl (C=O) groups is 2. The molecule has 0 spiro atoms. The molecule has 0 radical (unpaired) electrons. The van der Waals surface area contributed by atoms with E-state index in [1.165, 1.54) is 7.11 Å². The second kappa shape index (κ2) is 7.04. The van der Waals surface area contributed by atoms with Gasteiger partial charge in [-0.2, -0.15) is 0 Å². The van der Waals surface area contributed by atoms with Crippen LogP contribution in [0.2, 0.25) is 0 Å². The average Bonchev–Trinajstić information content (AvgIpc) is 2.57. The largest absolute Gasteiger partial charge is 0.467 e. The van der Waals surface area contributed by atoms with Crippen LogP contribution < -0.4 is 5.32 Å². The van der Waals surface area contributed by atoms with E-state index in [2.05, 4.69) is 10.1 Å². The molecule has 116 valence electrons. The summed E-state index contributed by atoms with van der Waals surface area (Å²) in [6, 6.07) is 10.4. The molecule has 0 heterocycles. The van der Waals surface area contributed by atoms with Gasteiger partial charge in [-0.3, -0.25) is 4.79 Å². The van der Waals surface area contributed by atoms with Crippen LogP contribution in [0.25, 0.3) is 10.8 Å². The maximum absolute atomic E-state index is 12.6. The van der Waals surface area contributed by atoms with Gasteiger partial charge in [-0.15, -0.1) is 0 Å². The summed E-state index contributed by atoms with van der Waals surface area (Å²) in [6.45, 7) is 1.45. The third-order valence-corrected chi connectivity index (χ3v) is 3.60. The second-order valence-electron chi connectivity index (χ2n) is 4.91. The van der Waals surface area contributed by atoms with Crippen molar-refractivity contribution in [3.63, 3.8) is 0 Å². The molecule has 5 heteroatoms. The van der Waals surface area contributed by atoms with Gasteiger partial charge in [0.25, 0.3) is 5.91 Å². The molecular formula is C17H19NO4. The van der Waals surface area contributed by atoms with Crippen LogP contribution in [-0.4, -0.2) is 36.7 Å². The summed E-state index contributed by atoms with van der Waals surface area (Å²) >= 11 is 0. The molecule has 0 aromatic heterocycles. The molecule has 0 saturated heterocycles. The lowest BCUT2D eigenvalue weighted by atomic mass is 9.96. The van der Waals surface area contributed by atoms with Crippen LogP contribution in [0.5, 0.6) is 0 Å². The highest BCUT2D eigenvalue weighted by Gasteiger charge is 2.23. The summed E-state index contributed by atoms with van der Waals surface area (Å²) in [5, 5.41) is 13.6. The van der Waals surface area contributed by atoms with Gasteiger partial charge in [0.05, 0.1) is 19.3 Å². The van der Waals surface area contributed by atoms with Crippen LogP contribution in [0.3, 0.4) is 0 Å².